The lowest BCUT2D eigenvalue weighted by atomic mass is 10.0. The van der Waals surface area contributed by atoms with Gasteiger partial charge in [-0.25, -0.2) is 0 Å². The second kappa shape index (κ2) is 6.88. The average Bonchev–Trinajstić information content (AvgIpc) is 3.36. The van der Waals surface area contributed by atoms with Gasteiger partial charge in [-0.3, -0.25) is 15.0 Å². The SMILES string of the molecule is Cc1cc(C[C@@H]2CN(C(=O)c3cc(-c4ccccc4O)n[nH]3)C[C@@H]2O)n[nH]1. The Kier molecular flexibility index (Phi) is 4.41. The molecule has 0 radical (unpaired) electrons. The van der Waals surface area contributed by atoms with E-state index in [9.17, 15) is 15.0 Å². The number of carbonyl (C=O) groups excluding carboxylic acids is 1. The first-order chi connectivity index (χ1) is 13.0. The van der Waals surface area contributed by atoms with Gasteiger partial charge in [0.1, 0.15) is 11.4 Å². The number of likely N-dealkylation sites (tertiary alicyclic amines) is 1. The maximum absolute atomic E-state index is 12.8. The highest BCUT2D eigenvalue weighted by molar-refractivity contribution is 5.93. The molecule has 3 aromatic rings. The molecule has 0 spiro atoms. The highest BCUT2D eigenvalue weighted by Gasteiger charge is 2.35. The first-order valence-corrected chi connectivity index (χ1v) is 8.83. The highest BCUT2D eigenvalue weighted by atomic mass is 16.3. The molecule has 3 heterocycles. The number of phenolic OH excluding ortho intramolecular Hbond substituents is 1. The van der Waals surface area contributed by atoms with Crippen LogP contribution in [0.25, 0.3) is 11.3 Å². The van der Waals surface area contributed by atoms with Crippen molar-refractivity contribution in [1.82, 2.24) is 25.3 Å². The zero-order valence-corrected chi connectivity index (χ0v) is 14.9. The number of aliphatic hydroxyl groups excluding tert-OH is 1. The van der Waals surface area contributed by atoms with E-state index in [2.05, 4.69) is 20.4 Å². The van der Waals surface area contributed by atoms with E-state index in [0.29, 0.717) is 29.9 Å². The molecule has 1 aliphatic rings. The Balaban J connectivity index is 1.46. The number of H-pyrrole nitrogens is 2. The van der Waals surface area contributed by atoms with Crippen LogP contribution in [0.1, 0.15) is 21.9 Å². The normalized spacial score (nSPS) is 19.6. The van der Waals surface area contributed by atoms with Crippen LogP contribution in [0.5, 0.6) is 5.75 Å². The van der Waals surface area contributed by atoms with Crippen LogP contribution in [0, 0.1) is 12.8 Å². The number of aromatic nitrogens is 4. The van der Waals surface area contributed by atoms with Crippen LogP contribution in [-0.4, -0.2) is 60.6 Å². The van der Waals surface area contributed by atoms with Crippen molar-refractivity contribution in [2.45, 2.75) is 19.4 Å². The number of nitrogens with one attached hydrogen (secondary N) is 2. The van der Waals surface area contributed by atoms with Crippen LogP contribution >= 0.6 is 0 Å². The monoisotopic (exact) mass is 367 g/mol. The first-order valence-electron chi connectivity index (χ1n) is 8.83. The van der Waals surface area contributed by atoms with Crippen molar-refractivity contribution >= 4 is 5.91 Å². The van der Waals surface area contributed by atoms with E-state index in [4.69, 9.17) is 0 Å². The van der Waals surface area contributed by atoms with E-state index in [0.717, 1.165) is 11.4 Å². The van der Waals surface area contributed by atoms with E-state index in [1.165, 1.54) is 0 Å². The quantitative estimate of drug-likeness (QED) is 0.557. The van der Waals surface area contributed by atoms with Gasteiger partial charge in [0, 0.05) is 30.3 Å². The molecular weight excluding hydrogens is 346 g/mol. The van der Waals surface area contributed by atoms with E-state index >= 15 is 0 Å². The molecule has 0 unspecified atom stereocenters. The van der Waals surface area contributed by atoms with Crippen LogP contribution in [-0.2, 0) is 6.42 Å². The van der Waals surface area contributed by atoms with Crippen molar-refractivity contribution in [2.24, 2.45) is 5.92 Å². The zero-order valence-electron chi connectivity index (χ0n) is 14.9. The fraction of sp³-hybridized carbons (Fsp3) is 0.316. The number of phenols is 1. The Morgan fingerprint density at radius 2 is 2.04 bits per heavy atom. The average molecular weight is 367 g/mol. The molecule has 1 aliphatic heterocycles. The topological polar surface area (TPSA) is 118 Å². The number of aliphatic hydroxyl groups is 1. The summed E-state index contributed by atoms with van der Waals surface area (Å²) in [5.74, 6) is -0.171. The van der Waals surface area contributed by atoms with Crippen molar-refractivity contribution in [3.05, 3.63) is 53.5 Å². The van der Waals surface area contributed by atoms with E-state index in [1.807, 2.05) is 13.0 Å². The number of nitrogens with zero attached hydrogens (tertiary/aromatic N) is 3. The van der Waals surface area contributed by atoms with Gasteiger partial charge in [-0.05, 0) is 37.6 Å². The Morgan fingerprint density at radius 3 is 2.78 bits per heavy atom. The molecule has 2 atom stereocenters. The minimum absolute atomic E-state index is 0.0581. The second-order valence-corrected chi connectivity index (χ2v) is 6.97. The Hall–Kier alpha value is -3.13. The molecule has 4 N–H and O–H groups in total. The largest absolute Gasteiger partial charge is 0.507 e. The third kappa shape index (κ3) is 3.43. The van der Waals surface area contributed by atoms with E-state index in [1.54, 1.807) is 35.2 Å². The molecule has 1 saturated heterocycles. The summed E-state index contributed by atoms with van der Waals surface area (Å²) in [6.07, 6.45) is 0.0213. The molecule has 27 heavy (non-hydrogen) atoms. The summed E-state index contributed by atoms with van der Waals surface area (Å²) in [4.78, 5) is 14.4. The summed E-state index contributed by atoms with van der Waals surface area (Å²) in [6.45, 7) is 2.66. The molecule has 8 nitrogen and oxygen atoms in total. The molecule has 140 valence electrons. The molecular formula is C19H21N5O3. The lowest BCUT2D eigenvalue weighted by molar-refractivity contribution is 0.0759. The molecule has 1 aromatic carbocycles. The van der Waals surface area contributed by atoms with Crippen molar-refractivity contribution < 1.29 is 15.0 Å². The number of para-hydroxylation sites is 1. The molecule has 0 aliphatic carbocycles. The van der Waals surface area contributed by atoms with Crippen molar-refractivity contribution in [3.63, 3.8) is 0 Å². The molecule has 8 heteroatoms. The third-order valence-electron chi connectivity index (χ3n) is 4.91. The number of β-amino-alcohol motifs (C(OH)–C–C–N with tert-alkyl or cyclic N) is 1. The first kappa shape index (κ1) is 17.3. The number of aryl methyl sites for hydroxylation is 1. The lowest BCUT2D eigenvalue weighted by Crippen LogP contribution is -2.29. The minimum atomic E-state index is -0.591. The van der Waals surface area contributed by atoms with Crippen molar-refractivity contribution in [3.8, 4) is 17.0 Å². The highest BCUT2D eigenvalue weighted by Crippen LogP contribution is 2.28. The predicted octanol–water partition coefficient (Wildman–Crippen LogP) is 1.49. The van der Waals surface area contributed by atoms with Gasteiger partial charge in [-0.1, -0.05) is 12.1 Å². The fourth-order valence-corrected chi connectivity index (χ4v) is 3.50. The number of rotatable bonds is 4. The predicted molar refractivity (Wildman–Crippen MR) is 98.1 cm³/mol. The van der Waals surface area contributed by atoms with Crippen LogP contribution < -0.4 is 0 Å². The van der Waals surface area contributed by atoms with Gasteiger partial charge in [-0.2, -0.15) is 10.2 Å². The Labute approximate surface area is 155 Å². The fourth-order valence-electron chi connectivity index (χ4n) is 3.50. The number of aromatic amines is 2. The summed E-state index contributed by atoms with van der Waals surface area (Å²) in [5.41, 5.74) is 3.24. The van der Waals surface area contributed by atoms with Gasteiger partial charge in [-0.15, -0.1) is 0 Å². The number of carbonyl (C=O) groups is 1. The van der Waals surface area contributed by atoms with Gasteiger partial charge in [0.15, 0.2) is 0 Å². The van der Waals surface area contributed by atoms with E-state index in [-0.39, 0.29) is 24.1 Å². The number of hydrogen-bond acceptors (Lipinski definition) is 5. The van der Waals surface area contributed by atoms with Crippen LogP contribution in [0.15, 0.2) is 36.4 Å². The third-order valence-corrected chi connectivity index (χ3v) is 4.91. The maximum atomic E-state index is 12.8. The standard InChI is InChI=1S/C19H21N5O3/c1-11-6-13(21-20-11)7-12-9-24(10-18(12)26)19(27)16-8-15(22-23-16)14-4-2-3-5-17(14)25/h2-6,8,12,18,25-26H,7,9-10H2,1H3,(H,20,21)(H,22,23)/t12-,18+/m1/s1. The van der Waals surface area contributed by atoms with Gasteiger partial charge in [0.2, 0.25) is 0 Å². The number of benzene rings is 1. The van der Waals surface area contributed by atoms with Crippen LogP contribution in [0.3, 0.4) is 0 Å². The van der Waals surface area contributed by atoms with Crippen LogP contribution in [0.4, 0.5) is 0 Å². The van der Waals surface area contributed by atoms with Gasteiger partial charge in [0.25, 0.3) is 5.91 Å². The summed E-state index contributed by atoms with van der Waals surface area (Å²) < 4.78 is 0. The van der Waals surface area contributed by atoms with E-state index < -0.39 is 6.10 Å². The van der Waals surface area contributed by atoms with Gasteiger partial charge >= 0.3 is 0 Å². The number of aromatic hydroxyl groups is 1. The second-order valence-electron chi connectivity index (χ2n) is 6.97. The Bertz CT molecular complexity index is 964. The summed E-state index contributed by atoms with van der Waals surface area (Å²) in [6, 6.07) is 10.4. The minimum Gasteiger partial charge on any atom is -0.507 e. The number of hydrogen-bond donors (Lipinski definition) is 4. The van der Waals surface area contributed by atoms with Crippen molar-refractivity contribution in [1.29, 1.82) is 0 Å². The van der Waals surface area contributed by atoms with Crippen LogP contribution in [0.2, 0.25) is 0 Å². The smallest absolute Gasteiger partial charge is 0.271 e. The maximum Gasteiger partial charge on any atom is 0.271 e. The molecule has 0 bridgehead atoms. The summed E-state index contributed by atoms with van der Waals surface area (Å²) >= 11 is 0. The molecule has 1 fully saturated rings. The zero-order chi connectivity index (χ0) is 19.0. The Morgan fingerprint density at radius 1 is 1.22 bits per heavy atom. The summed E-state index contributed by atoms with van der Waals surface area (Å²) in [7, 11) is 0. The lowest BCUT2D eigenvalue weighted by Gasteiger charge is -2.14. The molecule has 0 saturated carbocycles. The van der Waals surface area contributed by atoms with Crippen molar-refractivity contribution in [2.75, 3.05) is 13.1 Å². The van der Waals surface area contributed by atoms with Gasteiger partial charge in [0.05, 0.1) is 17.5 Å². The number of amides is 1. The molecule has 1 amide bonds. The molecule has 2 aromatic heterocycles. The molecule has 4 rings (SSSR count). The summed E-state index contributed by atoms with van der Waals surface area (Å²) in [5, 5.41) is 34.3. The van der Waals surface area contributed by atoms with Gasteiger partial charge < -0.3 is 15.1 Å².